The Morgan fingerprint density at radius 3 is 2.47 bits per heavy atom. The third-order valence-corrected chi connectivity index (χ3v) is 4.55. The zero-order chi connectivity index (χ0) is 14.0. The Labute approximate surface area is 142 Å². The predicted octanol–water partition coefficient (Wildman–Crippen LogP) is 5.38. The lowest BCUT2D eigenvalue weighted by Crippen LogP contribution is -2.14. The minimum absolute atomic E-state index is 0.102. The standard InChI is InChI=1S/C14H10Br2INO/c1-8-2-3-9(15)6-11(8)14(19)18-13-7-10(16)4-5-12(13)17/h2-7H,1H3,(H,18,19). The van der Waals surface area contributed by atoms with Crippen LogP contribution in [-0.2, 0) is 0 Å². The molecule has 2 aromatic carbocycles. The number of aryl methyl sites for hydroxylation is 1. The fourth-order valence-corrected chi connectivity index (χ4v) is 2.81. The van der Waals surface area contributed by atoms with E-state index in [-0.39, 0.29) is 5.91 Å². The van der Waals surface area contributed by atoms with Gasteiger partial charge in [-0.2, -0.15) is 0 Å². The van der Waals surface area contributed by atoms with Gasteiger partial charge in [0, 0.05) is 18.1 Å². The van der Waals surface area contributed by atoms with Crippen molar-refractivity contribution in [1.29, 1.82) is 0 Å². The van der Waals surface area contributed by atoms with Gasteiger partial charge in [0.05, 0.1) is 5.69 Å². The molecule has 1 amide bonds. The highest BCUT2D eigenvalue weighted by atomic mass is 127. The number of carbonyl (C=O) groups excluding carboxylic acids is 1. The summed E-state index contributed by atoms with van der Waals surface area (Å²) in [6.45, 7) is 1.92. The molecule has 98 valence electrons. The second kappa shape index (κ2) is 6.37. The first-order valence-electron chi connectivity index (χ1n) is 5.50. The quantitative estimate of drug-likeness (QED) is 0.558. The van der Waals surface area contributed by atoms with Crippen LogP contribution >= 0.6 is 54.5 Å². The highest BCUT2D eigenvalue weighted by Gasteiger charge is 2.11. The van der Waals surface area contributed by atoms with Crippen LogP contribution in [-0.4, -0.2) is 5.91 Å². The molecule has 0 atom stereocenters. The third-order valence-electron chi connectivity index (χ3n) is 2.62. The molecule has 0 heterocycles. The molecule has 0 aromatic heterocycles. The molecule has 0 saturated carbocycles. The van der Waals surface area contributed by atoms with Gasteiger partial charge in [-0.3, -0.25) is 4.79 Å². The summed E-state index contributed by atoms with van der Waals surface area (Å²) in [6, 6.07) is 11.5. The van der Waals surface area contributed by atoms with E-state index >= 15 is 0 Å². The molecule has 0 saturated heterocycles. The molecule has 1 N–H and O–H groups in total. The average molecular weight is 495 g/mol. The van der Waals surface area contributed by atoms with Gasteiger partial charge in [-0.05, 0) is 65.4 Å². The summed E-state index contributed by atoms with van der Waals surface area (Å²) in [5, 5.41) is 2.94. The fraction of sp³-hybridized carbons (Fsp3) is 0.0714. The van der Waals surface area contributed by atoms with Gasteiger partial charge in [0.1, 0.15) is 0 Å². The van der Waals surface area contributed by atoms with E-state index in [0.29, 0.717) is 5.56 Å². The lowest BCUT2D eigenvalue weighted by atomic mass is 10.1. The van der Waals surface area contributed by atoms with Crippen LogP contribution < -0.4 is 5.32 Å². The maximum absolute atomic E-state index is 12.3. The van der Waals surface area contributed by atoms with Crippen molar-refractivity contribution in [2.24, 2.45) is 0 Å². The van der Waals surface area contributed by atoms with Crippen molar-refractivity contribution in [1.82, 2.24) is 0 Å². The molecule has 2 nitrogen and oxygen atoms in total. The van der Waals surface area contributed by atoms with E-state index < -0.39 is 0 Å². The minimum Gasteiger partial charge on any atom is -0.321 e. The molecule has 0 bridgehead atoms. The van der Waals surface area contributed by atoms with Crippen molar-refractivity contribution in [3.05, 3.63) is 60.0 Å². The highest BCUT2D eigenvalue weighted by Crippen LogP contribution is 2.24. The van der Waals surface area contributed by atoms with Crippen molar-refractivity contribution in [2.75, 3.05) is 5.32 Å². The molecular weight excluding hydrogens is 485 g/mol. The SMILES string of the molecule is Cc1ccc(Br)cc1C(=O)Nc1cc(Br)ccc1I. The van der Waals surface area contributed by atoms with Crippen molar-refractivity contribution in [3.63, 3.8) is 0 Å². The third kappa shape index (κ3) is 3.79. The molecule has 0 unspecified atom stereocenters. The van der Waals surface area contributed by atoms with Crippen LogP contribution in [0.3, 0.4) is 0 Å². The van der Waals surface area contributed by atoms with Gasteiger partial charge < -0.3 is 5.32 Å². The number of halogens is 3. The van der Waals surface area contributed by atoms with Crippen LogP contribution in [0.2, 0.25) is 0 Å². The van der Waals surface area contributed by atoms with Gasteiger partial charge in [-0.25, -0.2) is 0 Å². The zero-order valence-corrected chi connectivity index (χ0v) is 15.3. The minimum atomic E-state index is -0.102. The van der Waals surface area contributed by atoms with Crippen LogP contribution in [0, 0.1) is 10.5 Å². The van der Waals surface area contributed by atoms with E-state index in [1.165, 1.54) is 0 Å². The van der Waals surface area contributed by atoms with E-state index in [4.69, 9.17) is 0 Å². The Hall–Kier alpha value is -0.400. The summed E-state index contributed by atoms with van der Waals surface area (Å²) < 4.78 is 2.84. The summed E-state index contributed by atoms with van der Waals surface area (Å²) in [6.07, 6.45) is 0. The maximum Gasteiger partial charge on any atom is 0.255 e. The van der Waals surface area contributed by atoms with Gasteiger partial charge >= 0.3 is 0 Å². The van der Waals surface area contributed by atoms with Gasteiger partial charge in [-0.15, -0.1) is 0 Å². The van der Waals surface area contributed by atoms with E-state index in [1.807, 2.05) is 43.3 Å². The van der Waals surface area contributed by atoms with Crippen LogP contribution in [0.4, 0.5) is 5.69 Å². The molecule has 0 fully saturated rings. The molecule has 0 aliphatic carbocycles. The van der Waals surface area contributed by atoms with E-state index in [1.54, 1.807) is 0 Å². The van der Waals surface area contributed by atoms with E-state index in [2.05, 4.69) is 59.8 Å². The smallest absolute Gasteiger partial charge is 0.255 e. The second-order valence-electron chi connectivity index (χ2n) is 4.04. The normalized spacial score (nSPS) is 10.3. The molecule has 0 aliphatic rings. The first-order valence-corrected chi connectivity index (χ1v) is 8.16. The monoisotopic (exact) mass is 493 g/mol. The number of benzene rings is 2. The van der Waals surface area contributed by atoms with Crippen molar-refractivity contribution in [3.8, 4) is 0 Å². The summed E-state index contributed by atoms with van der Waals surface area (Å²) >= 11 is 8.99. The Balaban J connectivity index is 2.30. The Morgan fingerprint density at radius 2 is 1.74 bits per heavy atom. The number of anilines is 1. The number of amides is 1. The number of hydrogen-bond donors (Lipinski definition) is 1. The van der Waals surface area contributed by atoms with Gasteiger partial charge in [0.25, 0.3) is 5.91 Å². The fourth-order valence-electron chi connectivity index (χ4n) is 1.62. The number of rotatable bonds is 2. The lowest BCUT2D eigenvalue weighted by molar-refractivity contribution is 0.102. The van der Waals surface area contributed by atoms with Crippen molar-refractivity contribution >= 4 is 66.0 Å². The van der Waals surface area contributed by atoms with Gasteiger partial charge in [0.2, 0.25) is 0 Å². The van der Waals surface area contributed by atoms with Gasteiger partial charge in [0.15, 0.2) is 0 Å². The summed E-state index contributed by atoms with van der Waals surface area (Å²) in [7, 11) is 0. The first kappa shape index (κ1) is 15.0. The molecular formula is C14H10Br2INO. The van der Waals surface area contributed by atoms with Crippen LogP contribution in [0.1, 0.15) is 15.9 Å². The molecule has 0 aliphatic heterocycles. The first-order chi connectivity index (χ1) is 8.97. The topological polar surface area (TPSA) is 29.1 Å². The van der Waals surface area contributed by atoms with Gasteiger partial charge in [-0.1, -0.05) is 37.9 Å². The van der Waals surface area contributed by atoms with Crippen molar-refractivity contribution in [2.45, 2.75) is 6.92 Å². The predicted molar refractivity (Wildman–Crippen MR) is 93.7 cm³/mol. The van der Waals surface area contributed by atoms with E-state index in [9.17, 15) is 4.79 Å². The summed E-state index contributed by atoms with van der Waals surface area (Å²) in [4.78, 5) is 12.3. The number of nitrogens with one attached hydrogen (secondary N) is 1. The summed E-state index contributed by atoms with van der Waals surface area (Å²) in [5.74, 6) is -0.102. The van der Waals surface area contributed by atoms with Crippen LogP contribution in [0.15, 0.2) is 45.3 Å². The highest BCUT2D eigenvalue weighted by molar-refractivity contribution is 14.1. The Morgan fingerprint density at radius 1 is 1.11 bits per heavy atom. The second-order valence-corrected chi connectivity index (χ2v) is 7.03. The van der Waals surface area contributed by atoms with E-state index in [0.717, 1.165) is 23.8 Å². The number of carbonyl (C=O) groups is 1. The number of hydrogen-bond acceptors (Lipinski definition) is 1. The molecule has 5 heteroatoms. The van der Waals surface area contributed by atoms with Crippen LogP contribution in [0.5, 0.6) is 0 Å². The van der Waals surface area contributed by atoms with Crippen molar-refractivity contribution < 1.29 is 4.79 Å². The molecule has 0 spiro atoms. The maximum atomic E-state index is 12.3. The Bertz CT molecular complexity index is 643. The zero-order valence-electron chi connectivity index (χ0n) is 10.0. The van der Waals surface area contributed by atoms with Crippen LogP contribution in [0.25, 0.3) is 0 Å². The summed E-state index contributed by atoms with van der Waals surface area (Å²) in [5.41, 5.74) is 2.43. The Kier molecular flexibility index (Phi) is 5.03. The average Bonchev–Trinajstić information content (AvgIpc) is 2.36. The molecule has 0 radical (unpaired) electrons. The lowest BCUT2D eigenvalue weighted by Gasteiger charge is -2.10. The largest absolute Gasteiger partial charge is 0.321 e. The molecule has 19 heavy (non-hydrogen) atoms. The molecule has 2 rings (SSSR count). The molecule has 2 aromatic rings.